The summed E-state index contributed by atoms with van der Waals surface area (Å²) >= 11 is 1.82. The lowest BCUT2D eigenvalue weighted by Crippen LogP contribution is -2.53. The monoisotopic (exact) mass is 357 g/mol. The van der Waals surface area contributed by atoms with Gasteiger partial charge in [0.25, 0.3) is 0 Å². The lowest BCUT2D eigenvalue weighted by Gasteiger charge is -2.36. The van der Waals surface area contributed by atoms with E-state index in [1.54, 1.807) is 0 Å². The molecule has 0 bridgehead atoms. The van der Waals surface area contributed by atoms with Crippen molar-refractivity contribution in [2.45, 2.75) is 33.2 Å². The smallest absolute Gasteiger partial charge is 0.240 e. The van der Waals surface area contributed by atoms with E-state index in [0.29, 0.717) is 11.3 Å². The van der Waals surface area contributed by atoms with Gasteiger partial charge in [0, 0.05) is 37.8 Å². The van der Waals surface area contributed by atoms with Crippen molar-refractivity contribution >= 4 is 42.5 Å². The third-order valence-electron chi connectivity index (χ3n) is 3.88. The zero-order valence-electron chi connectivity index (χ0n) is 13.3. The lowest BCUT2D eigenvalue weighted by atomic mass is 9.92. The summed E-state index contributed by atoms with van der Waals surface area (Å²) in [6, 6.07) is 0.0612. The molecule has 7 heteroatoms. The maximum Gasteiger partial charge on any atom is 0.240 e. The van der Waals surface area contributed by atoms with Crippen LogP contribution in [0.1, 0.15) is 27.2 Å². The van der Waals surface area contributed by atoms with Crippen molar-refractivity contribution in [1.82, 2.24) is 15.1 Å². The average molecular weight is 358 g/mol. The first-order valence-electron chi connectivity index (χ1n) is 7.28. The molecule has 1 amide bonds. The molecule has 1 atom stereocenters. The molecule has 0 aromatic carbocycles. The van der Waals surface area contributed by atoms with E-state index in [9.17, 15) is 4.79 Å². The molecule has 21 heavy (non-hydrogen) atoms. The molecule has 1 N–H and O–H groups in total. The van der Waals surface area contributed by atoms with E-state index in [4.69, 9.17) is 0 Å². The van der Waals surface area contributed by atoms with Crippen molar-refractivity contribution in [2.24, 2.45) is 5.41 Å². The predicted octanol–water partition coefficient (Wildman–Crippen LogP) is 2.07. The first kappa shape index (κ1) is 21.3. The van der Waals surface area contributed by atoms with Crippen molar-refractivity contribution in [3.63, 3.8) is 0 Å². The van der Waals surface area contributed by atoms with Gasteiger partial charge < -0.3 is 4.90 Å². The Balaban J connectivity index is 0.00000200. The molecule has 2 rings (SSSR count). The third-order valence-corrected chi connectivity index (χ3v) is 4.82. The summed E-state index contributed by atoms with van der Waals surface area (Å²) in [4.78, 5) is 16.8. The molecule has 2 fully saturated rings. The van der Waals surface area contributed by atoms with Crippen molar-refractivity contribution in [1.29, 1.82) is 0 Å². The van der Waals surface area contributed by atoms with Gasteiger partial charge in [-0.05, 0) is 18.4 Å². The highest BCUT2D eigenvalue weighted by atomic mass is 35.5. The average Bonchev–Trinajstić information content (AvgIpc) is 2.89. The van der Waals surface area contributed by atoms with Crippen LogP contribution in [0.15, 0.2) is 0 Å². The van der Waals surface area contributed by atoms with E-state index in [0.717, 1.165) is 44.4 Å². The molecule has 0 saturated carbocycles. The van der Waals surface area contributed by atoms with Crippen LogP contribution in [0.2, 0.25) is 0 Å². The summed E-state index contributed by atoms with van der Waals surface area (Å²) in [6.45, 7) is 11.9. The molecule has 2 saturated heterocycles. The summed E-state index contributed by atoms with van der Waals surface area (Å²) < 4.78 is 0. The Morgan fingerprint density at radius 2 is 1.81 bits per heavy atom. The number of rotatable bonds is 3. The predicted molar refractivity (Wildman–Crippen MR) is 95.8 cm³/mol. The van der Waals surface area contributed by atoms with Crippen molar-refractivity contribution in [3.8, 4) is 0 Å². The standard InChI is InChI=1S/C14H27N3OS.2ClH/c1-14(2,3)4-5-16-6-8-17(9-7-16)13(18)12-10-19-11-15-12;;/h12,15H,4-11H2,1-3H3;2*1H. The Morgan fingerprint density at radius 1 is 1.19 bits per heavy atom. The number of carbonyl (C=O) groups excluding carboxylic acids is 1. The summed E-state index contributed by atoms with van der Waals surface area (Å²) in [5, 5.41) is 3.27. The summed E-state index contributed by atoms with van der Waals surface area (Å²) in [5.41, 5.74) is 0.401. The molecule has 2 aliphatic rings. The molecule has 0 aliphatic carbocycles. The molecule has 2 aliphatic heterocycles. The molecule has 0 radical (unpaired) electrons. The van der Waals surface area contributed by atoms with Crippen LogP contribution in [0.3, 0.4) is 0 Å². The van der Waals surface area contributed by atoms with Gasteiger partial charge in [0.2, 0.25) is 5.91 Å². The maximum absolute atomic E-state index is 12.3. The zero-order valence-corrected chi connectivity index (χ0v) is 15.7. The van der Waals surface area contributed by atoms with Gasteiger partial charge in [-0.2, -0.15) is 0 Å². The Hall–Kier alpha value is 0.320. The van der Waals surface area contributed by atoms with Gasteiger partial charge in [-0.3, -0.25) is 15.0 Å². The maximum atomic E-state index is 12.3. The lowest BCUT2D eigenvalue weighted by molar-refractivity contribution is -0.134. The number of amides is 1. The molecule has 2 heterocycles. The van der Waals surface area contributed by atoms with Crippen molar-refractivity contribution in [3.05, 3.63) is 0 Å². The second-order valence-corrected chi connectivity index (χ2v) is 7.78. The first-order chi connectivity index (χ1) is 8.96. The summed E-state index contributed by atoms with van der Waals surface area (Å²) in [5.74, 6) is 2.16. The molecule has 126 valence electrons. The van der Waals surface area contributed by atoms with Crippen molar-refractivity contribution < 1.29 is 4.79 Å². The second kappa shape index (κ2) is 9.46. The minimum atomic E-state index is 0. The first-order valence-corrected chi connectivity index (χ1v) is 8.43. The van der Waals surface area contributed by atoms with Gasteiger partial charge in [-0.1, -0.05) is 20.8 Å². The largest absolute Gasteiger partial charge is 0.339 e. The van der Waals surface area contributed by atoms with Gasteiger partial charge in [0.05, 0.1) is 6.04 Å². The number of piperazine rings is 1. The van der Waals surface area contributed by atoms with Crippen LogP contribution in [0.25, 0.3) is 0 Å². The Bertz CT molecular complexity index is 312. The number of thioether (sulfide) groups is 1. The van der Waals surface area contributed by atoms with Gasteiger partial charge in [0.1, 0.15) is 0 Å². The van der Waals surface area contributed by atoms with Crippen molar-refractivity contribution in [2.75, 3.05) is 44.4 Å². The van der Waals surface area contributed by atoms with E-state index in [1.807, 2.05) is 16.7 Å². The minimum absolute atomic E-state index is 0. The van der Waals surface area contributed by atoms with E-state index in [2.05, 4.69) is 31.0 Å². The Labute approximate surface area is 145 Å². The second-order valence-electron chi connectivity index (χ2n) is 6.75. The van der Waals surface area contributed by atoms with Crippen LogP contribution in [0.4, 0.5) is 0 Å². The van der Waals surface area contributed by atoms with E-state index >= 15 is 0 Å². The normalized spacial score (nSPS) is 23.4. The van der Waals surface area contributed by atoms with Crippen LogP contribution in [0.5, 0.6) is 0 Å². The molecular weight excluding hydrogens is 329 g/mol. The zero-order chi connectivity index (χ0) is 13.9. The number of nitrogens with zero attached hydrogens (tertiary/aromatic N) is 2. The van der Waals surface area contributed by atoms with E-state index < -0.39 is 0 Å². The highest BCUT2D eigenvalue weighted by Gasteiger charge is 2.29. The molecule has 0 spiro atoms. The molecule has 0 aromatic heterocycles. The van der Waals surface area contributed by atoms with Crippen LogP contribution in [-0.4, -0.2) is 66.1 Å². The Kier molecular flexibility index (Phi) is 9.60. The van der Waals surface area contributed by atoms with Crippen LogP contribution in [0, 0.1) is 5.41 Å². The highest BCUT2D eigenvalue weighted by Crippen LogP contribution is 2.19. The van der Waals surface area contributed by atoms with Gasteiger partial charge in [0.15, 0.2) is 0 Å². The fraction of sp³-hybridized carbons (Fsp3) is 0.929. The SMILES string of the molecule is CC(C)(C)CCN1CCN(C(=O)C2CSCN2)CC1.Cl.Cl. The fourth-order valence-electron chi connectivity index (χ4n) is 2.46. The van der Waals surface area contributed by atoms with E-state index in [-0.39, 0.29) is 30.9 Å². The number of hydrogen-bond donors (Lipinski definition) is 1. The molecule has 4 nitrogen and oxygen atoms in total. The molecule has 0 aromatic rings. The molecular formula is C14H29Cl2N3OS. The van der Waals surface area contributed by atoms with Gasteiger partial charge in [-0.15, -0.1) is 36.6 Å². The summed E-state index contributed by atoms with van der Waals surface area (Å²) in [7, 11) is 0. The Morgan fingerprint density at radius 3 is 2.29 bits per heavy atom. The summed E-state index contributed by atoms with van der Waals surface area (Å²) in [6.07, 6.45) is 1.22. The number of halogens is 2. The fourth-order valence-corrected chi connectivity index (χ4v) is 3.39. The topological polar surface area (TPSA) is 35.6 Å². The number of carbonyl (C=O) groups is 1. The highest BCUT2D eigenvalue weighted by molar-refractivity contribution is 7.99. The van der Waals surface area contributed by atoms with Crippen LogP contribution < -0.4 is 5.32 Å². The quantitative estimate of drug-likeness (QED) is 0.838. The van der Waals surface area contributed by atoms with Crippen LogP contribution in [-0.2, 0) is 4.79 Å². The minimum Gasteiger partial charge on any atom is -0.339 e. The number of nitrogens with one attached hydrogen (secondary N) is 1. The molecule has 1 unspecified atom stereocenters. The third kappa shape index (κ3) is 6.95. The van der Waals surface area contributed by atoms with Crippen LogP contribution >= 0.6 is 36.6 Å². The number of hydrogen-bond acceptors (Lipinski definition) is 4. The van der Waals surface area contributed by atoms with Gasteiger partial charge in [-0.25, -0.2) is 0 Å². The van der Waals surface area contributed by atoms with Gasteiger partial charge >= 0.3 is 0 Å². The van der Waals surface area contributed by atoms with E-state index in [1.165, 1.54) is 6.42 Å².